The highest BCUT2D eigenvalue weighted by Gasteiger charge is 2.22. The molecule has 1 saturated heterocycles. The minimum Gasteiger partial charge on any atom is -0.496 e. The van der Waals surface area contributed by atoms with E-state index in [-0.39, 0.29) is 5.82 Å². The Morgan fingerprint density at radius 2 is 2.00 bits per heavy atom. The number of thioether (sulfide) groups is 1. The quantitative estimate of drug-likeness (QED) is 0.542. The molecule has 9 heteroatoms. The summed E-state index contributed by atoms with van der Waals surface area (Å²) in [5.41, 5.74) is 1.63. The first-order valence-electron chi connectivity index (χ1n) is 9.15. The van der Waals surface area contributed by atoms with Crippen LogP contribution in [0.15, 0.2) is 47.6 Å². The molecule has 1 aromatic heterocycles. The van der Waals surface area contributed by atoms with Gasteiger partial charge in [0.05, 0.1) is 26.0 Å². The average molecular weight is 435 g/mol. The van der Waals surface area contributed by atoms with Crippen molar-refractivity contribution in [3.63, 3.8) is 0 Å². The van der Waals surface area contributed by atoms with Crippen LogP contribution in [0.4, 0.5) is 10.3 Å². The zero-order valence-corrected chi connectivity index (χ0v) is 17.4. The second-order valence-electron chi connectivity index (χ2n) is 6.44. The molecule has 0 N–H and O–H groups in total. The lowest BCUT2D eigenvalue weighted by molar-refractivity contribution is 0.122. The molecule has 0 unspecified atom stereocenters. The van der Waals surface area contributed by atoms with Gasteiger partial charge in [0.2, 0.25) is 5.95 Å². The van der Waals surface area contributed by atoms with Crippen molar-refractivity contribution in [2.75, 3.05) is 38.3 Å². The average Bonchev–Trinajstić information content (AvgIpc) is 3.17. The van der Waals surface area contributed by atoms with Crippen LogP contribution >= 0.6 is 23.4 Å². The number of morpholine rings is 1. The van der Waals surface area contributed by atoms with Crippen LogP contribution in [0, 0.1) is 5.82 Å². The third-order valence-corrected chi connectivity index (χ3v) is 5.79. The second kappa shape index (κ2) is 9.02. The van der Waals surface area contributed by atoms with Crippen LogP contribution in [0.3, 0.4) is 0 Å². The van der Waals surface area contributed by atoms with Crippen LogP contribution in [0.25, 0.3) is 5.69 Å². The SMILES string of the molecule is COc1ccc(Cl)cc1CSc1nnc(N2CCOCC2)n1-c1cccc(F)c1. The summed E-state index contributed by atoms with van der Waals surface area (Å²) in [4.78, 5) is 2.10. The molecule has 29 heavy (non-hydrogen) atoms. The van der Waals surface area contributed by atoms with Crippen molar-refractivity contribution >= 4 is 29.3 Å². The molecule has 0 bridgehead atoms. The molecule has 0 spiro atoms. The number of hydrogen-bond donors (Lipinski definition) is 0. The lowest BCUT2D eigenvalue weighted by Crippen LogP contribution is -2.37. The van der Waals surface area contributed by atoms with Crippen LogP contribution < -0.4 is 9.64 Å². The highest BCUT2D eigenvalue weighted by molar-refractivity contribution is 7.98. The maximum absolute atomic E-state index is 13.9. The molecule has 0 radical (unpaired) electrons. The Hall–Kier alpha value is -2.29. The molecule has 6 nitrogen and oxygen atoms in total. The topological polar surface area (TPSA) is 52.4 Å². The first-order valence-corrected chi connectivity index (χ1v) is 10.5. The predicted molar refractivity (Wildman–Crippen MR) is 112 cm³/mol. The molecule has 1 aliphatic heterocycles. The van der Waals surface area contributed by atoms with Gasteiger partial charge in [0.25, 0.3) is 0 Å². The minimum atomic E-state index is -0.309. The highest BCUT2D eigenvalue weighted by atomic mass is 35.5. The van der Waals surface area contributed by atoms with Gasteiger partial charge in [-0.2, -0.15) is 0 Å². The number of halogens is 2. The number of benzene rings is 2. The van der Waals surface area contributed by atoms with Crippen LogP contribution in [0.5, 0.6) is 5.75 Å². The van der Waals surface area contributed by atoms with E-state index in [0.717, 1.165) is 11.3 Å². The maximum Gasteiger partial charge on any atom is 0.232 e. The fourth-order valence-corrected chi connectivity index (χ4v) is 4.29. The largest absolute Gasteiger partial charge is 0.496 e. The van der Waals surface area contributed by atoms with Gasteiger partial charge in [-0.05, 0) is 36.4 Å². The monoisotopic (exact) mass is 434 g/mol. The number of anilines is 1. The van der Waals surface area contributed by atoms with E-state index in [4.69, 9.17) is 21.1 Å². The number of nitrogens with zero attached hydrogens (tertiary/aromatic N) is 4. The summed E-state index contributed by atoms with van der Waals surface area (Å²) in [5, 5.41) is 10.1. The maximum atomic E-state index is 13.9. The van der Waals surface area contributed by atoms with Crippen molar-refractivity contribution in [3.05, 3.63) is 58.9 Å². The Morgan fingerprint density at radius 3 is 2.76 bits per heavy atom. The third kappa shape index (κ3) is 4.49. The fourth-order valence-electron chi connectivity index (χ4n) is 3.17. The van der Waals surface area contributed by atoms with E-state index in [0.29, 0.717) is 53.9 Å². The summed E-state index contributed by atoms with van der Waals surface area (Å²) in [6.07, 6.45) is 0. The summed E-state index contributed by atoms with van der Waals surface area (Å²) >= 11 is 7.64. The number of hydrogen-bond acceptors (Lipinski definition) is 6. The molecule has 152 valence electrons. The molecular formula is C20H20ClFN4O2S. The summed E-state index contributed by atoms with van der Waals surface area (Å²) in [6, 6.07) is 11.9. The predicted octanol–water partition coefficient (Wildman–Crippen LogP) is 4.20. The zero-order valence-electron chi connectivity index (χ0n) is 15.8. The van der Waals surface area contributed by atoms with Crippen molar-refractivity contribution in [1.29, 1.82) is 0 Å². The van der Waals surface area contributed by atoms with E-state index in [1.165, 1.54) is 23.9 Å². The molecule has 0 saturated carbocycles. The molecule has 4 rings (SSSR count). The van der Waals surface area contributed by atoms with Gasteiger partial charge in [0.1, 0.15) is 11.6 Å². The van der Waals surface area contributed by atoms with Crippen LogP contribution in [-0.2, 0) is 10.5 Å². The van der Waals surface area contributed by atoms with E-state index in [9.17, 15) is 4.39 Å². The molecule has 2 heterocycles. The van der Waals surface area contributed by atoms with Gasteiger partial charge in [0.15, 0.2) is 5.16 Å². The van der Waals surface area contributed by atoms with E-state index in [2.05, 4.69) is 15.1 Å². The van der Waals surface area contributed by atoms with Gasteiger partial charge in [-0.3, -0.25) is 4.57 Å². The van der Waals surface area contributed by atoms with E-state index >= 15 is 0 Å². The van der Waals surface area contributed by atoms with Crippen molar-refractivity contribution in [2.45, 2.75) is 10.9 Å². The van der Waals surface area contributed by atoms with Crippen molar-refractivity contribution in [1.82, 2.24) is 14.8 Å². The number of ether oxygens (including phenoxy) is 2. The molecule has 1 aliphatic rings. The van der Waals surface area contributed by atoms with Crippen LogP contribution in [0.1, 0.15) is 5.56 Å². The Kier molecular flexibility index (Phi) is 6.22. The summed E-state index contributed by atoms with van der Waals surface area (Å²) in [5.74, 6) is 1.71. The van der Waals surface area contributed by atoms with Gasteiger partial charge in [-0.25, -0.2) is 4.39 Å². The lowest BCUT2D eigenvalue weighted by atomic mass is 10.2. The second-order valence-corrected chi connectivity index (χ2v) is 7.82. The molecule has 0 aliphatic carbocycles. The van der Waals surface area contributed by atoms with E-state index < -0.39 is 0 Å². The first-order chi connectivity index (χ1) is 14.2. The van der Waals surface area contributed by atoms with Gasteiger partial charge >= 0.3 is 0 Å². The molecule has 0 atom stereocenters. The Bertz CT molecular complexity index is 994. The van der Waals surface area contributed by atoms with Gasteiger partial charge < -0.3 is 14.4 Å². The van der Waals surface area contributed by atoms with E-state index in [1.807, 2.05) is 22.8 Å². The van der Waals surface area contributed by atoms with Gasteiger partial charge in [0, 0.05) is 29.4 Å². The third-order valence-electron chi connectivity index (χ3n) is 4.58. The Morgan fingerprint density at radius 1 is 1.17 bits per heavy atom. The number of aromatic nitrogens is 3. The summed E-state index contributed by atoms with van der Waals surface area (Å²) in [7, 11) is 1.63. The Balaban J connectivity index is 1.68. The highest BCUT2D eigenvalue weighted by Crippen LogP contribution is 2.32. The van der Waals surface area contributed by atoms with Crippen molar-refractivity contribution in [3.8, 4) is 11.4 Å². The normalized spacial score (nSPS) is 14.2. The van der Waals surface area contributed by atoms with E-state index in [1.54, 1.807) is 19.2 Å². The molecular weight excluding hydrogens is 415 g/mol. The smallest absolute Gasteiger partial charge is 0.232 e. The van der Waals surface area contributed by atoms with Gasteiger partial charge in [-0.15, -0.1) is 10.2 Å². The minimum absolute atomic E-state index is 0.309. The molecule has 1 fully saturated rings. The molecule has 0 amide bonds. The number of methoxy groups -OCH3 is 1. The van der Waals surface area contributed by atoms with Crippen LogP contribution in [-0.4, -0.2) is 48.2 Å². The summed E-state index contributed by atoms with van der Waals surface area (Å²) < 4.78 is 26.7. The standard InChI is InChI=1S/C20H20ClFN4O2S/c1-27-18-6-5-15(21)11-14(18)13-29-20-24-23-19(25-7-9-28-10-8-25)26(20)17-4-2-3-16(22)12-17/h2-6,11-12H,7-10,13H2,1H3. The van der Waals surface area contributed by atoms with Crippen molar-refractivity contribution < 1.29 is 13.9 Å². The number of rotatable bonds is 6. The first kappa shape index (κ1) is 20.0. The Labute approximate surface area is 177 Å². The van der Waals surface area contributed by atoms with Gasteiger partial charge in [-0.1, -0.05) is 29.4 Å². The zero-order chi connectivity index (χ0) is 20.2. The molecule has 3 aromatic rings. The molecule has 2 aromatic carbocycles. The van der Waals surface area contributed by atoms with Crippen LogP contribution in [0.2, 0.25) is 5.02 Å². The fraction of sp³-hybridized carbons (Fsp3) is 0.300. The van der Waals surface area contributed by atoms with Crippen molar-refractivity contribution in [2.24, 2.45) is 0 Å². The summed E-state index contributed by atoms with van der Waals surface area (Å²) in [6.45, 7) is 2.66. The lowest BCUT2D eigenvalue weighted by Gasteiger charge is -2.27.